The molecule has 1 atom stereocenters. The number of hydrogen-bond donors (Lipinski definition) is 3. The number of ether oxygens (including phenoxy) is 1. The lowest BCUT2D eigenvalue weighted by molar-refractivity contribution is -0.123. The quantitative estimate of drug-likeness (QED) is 0.488. The van der Waals surface area contributed by atoms with Gasteiger partial charge < -0.3 is 15.2 Å². The number of phenolic OH excluding ortho intramolecular Hbond substituents is 1. The van der Waals surface area contributed by atoms with Crippen molar-refractivity contribution < 1.29 is 19.4 Å². The summed E-state index contributed by atoms with van der Waals surface area (Å²) in [7, 11) is 1.44. The van der Waals surface area contributed by atoms with Crippen LogP contribution in [0, 0.1) is 5.92 Å². The summed E-state index contributed by atoms with van der Waals surface area (Å²) >= 11 is 5.90. The van der Waals surface area contributed by atoms with Gasteiger partial charge in [0.1, 0.15) is 6.04 Å². The molecule has 28 heavy (non-hydrogen) atoms. The van der Waals surface area contributed by atoms with E-state index < -0.39 is 17.9 Å². The number of para-hydroxylation sites is 1. The minimum absolute atomic E-state index is 0.0855. The predicted octanol–water partition coefficient (Wildman–Crippen LogP) is 2.96. The first-order valence-electron chi connectivity index (χ1n) is 8.58. The van der Waals surface area contributed by atoms with Crippen LogP contribution in [0.3, 0.4) is 0 Å². The summed E-state index contributed by atoms with van der Waals surface area (Å²) in [4.78, 5) is 24.9. The van der Waals surface area contributed by atoms with Gasteiger partial charge in [0.15, 0.2) is 11.5 Å². The molecule has 2 amide bonds. The second kappa shape index (κ2) is 9.75. The van der Waals surface area contributed by atoms with Crippen LogP contribution in [0.25, 0.3) is 0 Å². The fourth-order valence-electron chi connectivity index (χ4n) is 2.43. The molecule has 0 saturated carbocycles. The number of phenols is 1. The Balaban J connectivity index is 2.06. The van der Waals surface area contributed by atoms with E-state index in [9.17, 15) is 14.7 Å². The van der Waals surface area contributed by atoms with Gasteiger partial charge in [-0.15, -0.1) is 0 Å². The van der Waals surface area contributed by atoms with Crippen LogP contribution in [-0.4, -0.2) is 36.3 Å². The van der Waals surface area contributed by atoms with Crippen molar-refractivity contribution in [1.29, 1.82) is 0 Å². The number of carbonyl (C=O) groups excluding carboxylic acids is 2. The molecule has 148 valence electrons. The van der Waals surface area contributed by atoms with Gasteiger partial charge in [0.05, 0.1) is 13.3 Å². The Hall–Kier alpha value is -3.06. The van der Waals surface area contributed by atoms with Gasteiger partial charge in [-0.1, -0.05) is 37.6 Å². The largest absolute Gasteiger partial charge is 0.504 e. The Kier molecular flexibility index (Phi) is 7.40. The van der Waals surface area contributed by atoms with Crippen LogP contribution in [0.4, 0.5) is 0 Å². The van der Waals surface area contributed by atoms with Crippen molar-refractivity contribution in [2.24, 2.45) is 11.0 Å². The van der Waals surface area contributed by atoms with E-state index in [-0.39, 0.29) is 11.7 Å². The van der Waals surface area contributed by atoms with Crippen molar-refractivity contribution in [3.8, 4) is 11.5 Å². The number of benzene rings is 2. The highest BCUT2D eigenvalue weighted by atomic mass is 35.5. The van der Waals surface area contributed by atoms with Crippen molar-refractivity contribution in [2.45, 2.75) is 19.9 Å². The summed E-state index contributed by atoms with van der Waals surface area (Å²) in [6, 6.07) is 10.6. The number of nitrogens with zero attached hydrogens (tertiary/aromatic N) is 1. The molecular weight excluding hydrogens is 382 g/mol. The average Bonchev–Trinajstić information content (AvgIpc) is 2.66. The van der Waals surface area contributed by atoms with E-state index in [0.717, 1.165) is 0 Å². The van der Waals surface area contributed by atoms with Gasteiger partial charge in [-0.25, -0.2) is 5.43 Å². The predicted molar refractivity (Wildman–Crippen MR) is 108 cm³/mol. The Morgan fingerprint density at radius 2 is 1.93 bits per heavy atom. The first kappa shape index (κ1) is 21.2. The summed E-state index contributed by atoms with van der Waals surface area (Å²) in [6.45, 7) is 3.61. The van der Waals surface area contributed by atoms with Gasteiger partial charge in [0, 0.05) is 16.1 Å². The van der Waals surface area contributed by atoms with Crippen LogP contribution in [0.1, 0.15) is 29.8 Å². The molecule has 0 aliphatic heterocycles. The van der Waals surface area contributed by atoms with Crippen molar-refractivity contribution >= 4 is 29.6 Å². The molecule has 2 aromatic rings. The molecule has 0 fully saturated rings. The lowest BCUT2D eigenvalue weighted by Crippen LogP contribution is -2.48. The van der Waals surface area contributed by atoms with Crippen LogP contribution >= 0.6 is 11.6 Å². The molecule has 0 aliphatic carbocycles. The normalized spacial score (nSPS) is 12.0. The maximum atomic E-state index is 12.5. The summed E-state index contributed by atoms with van der Waals surface area (Å²) in [5.41, 5.74) is 3.12. The summed E-state index contributed by atoms with van der Waals surface area (Å²) in [5, 5.41) is 17.0. The second-order valence-corrected chi connectivity index (χ2v) is 6.77. The van der Waals surface area contributed by atoms with Crippen molar-refractivity contribution in [1.82, 2.24) is 10.7 Å². The van der Waals surface area contributed by atoms with Crippen LogP contribution in [0.2, 0.25) is 5.02 Å². The molecule has 2 aromatic carbocycles. The Morgan fingerprint density at radius 1 is 1.21 bits per heavy atom. The molecule has 0 aromatic heterocycles. The minimum atomic E-state index is -0.803. The Bertz CT molecular complexity index is 884. The molecular formula is C20H22ClN3O4. The lowest BCUT2D eigenvalue weighted by atomic mass is 10.0. The van der Waals surface area contributed by atoms with Crippen LogP contribution in [-0.2, 0) is 4.79 Å². The van der Waals surface area contributed by atoms with Crippen LogP contribution in [0.15, 0.2) is 47.6 Å². The fraction of sp³-hybridized carbons (Fsp3) is 0.250. The molecule has 7 nitrogen and oxygen atoms in total. The molecule has 0 heterocycles. The lowest BCUT2D eigenvalue weighted by Gasteiger charge is -2.20. The van der Waals surface area contributed by atoms with Gasteiger partial charge in [0.25, 0.3) is 11.8 Å². The van der Waals surface area contributed by atoms with E-state index >= 15 is 0 Å². The fourth-order valence-corrected chi connectivity index (χ4v) is 2.62. The molecule has 3 N–H and O–H groups in total. The SMILES string of the molecule is COc1cccc(C=NNC(=O)C(NC(=O)c2cccc(Cl)c2)C(C)C)c1O. The van der Waals surface area contributed by atoms with Crippen LogP contribution < -0.4 is 15.5 Å². The van der Waals surface area contributed by atoms with Crippen molar-refractivity contribution in [2.75, 3.05) is 7.11 Å². The van der Waals surface area contributed by atoms with E-state index in [4.69, 9.17) is 16.3 Å². The van der Waals surface area contributed by atoms with Gasteiger partial charge >= 0.3 is 0 Å². The summed E-state index contributed by atoms with van der Waals surface area (Å²) < 4.78 is 5.02. The molecule has 1 unspecified atom stereocenters. The monoisotopic (exact) mass is 403 g/mol. The van der Waals surface area contributed by atoms with E-state index in [1.807, 2.05) is 0 Å². The number of amides is 2. The van der Waals surface area contributed by atoms with E-state index in [0.29, 0.717) is 21.9 Å². The van der Waals surface area contributed by atoms with Crippen molar-refractivity contribution in [3.63, 3.8) is 0 Å². The number of aromatic hydroxyl groups is 1. The van der Waals surface area contributed by atoms with Crippen LogP contribution in [0.5, 0.6) is 11.5 Å². The number of methoxy groups -OCH3 is 1. The molecule has 0 saturated heterocycles. The standard InChI is InChI=1S/C20H22ClN3O4/c1-12(2)17(23-19(26)13-6-4-8-15(21)10-13)20(27)24-22-11-14-7-5-9-16(28-3)18(14)25/h4-12,17,25H,1-3H3,(H,23,26)(H,24,27). The molecule has 0 radical (unpaired) electrons. The van der Waals surface area contributed by atoms with Crippen molar-refractivity contribution in [3.05, 3.63) is 58.6 Å². The zero-order chi connectivity index (χ0) is 20.7. The third kappa shape index (κ3) is 5.47. The zero-order valence-corrected chi connectivity index (χ0v) is 16.5. The molecule has 8 heteroatoms. The Morgan fingerprint density at radius 3 is 2.57 bits per heavy atom. The number of rotatable bonds is 7. The first-order chi connectivity index (χ1) is 13.3. The molecule has 0 spiro atoms. The van der Waals surface area contributed by atoms with E-state index in [1.165, 1.54) is 19.4 Å². The van der Waals surface area contributed by atoms with Gasteiger partial charge in [-0.3, -0.25) is 9.59 Å². The third-order valence-corrected chi connectivity index (χ3v) is 4.19. The highest BCUT2D eigenvalue weighted by Gasteiger charge is 2.24. The number of halogens is 1. The number of hydrogen-bond acceptors (Lipinski definition) is 5. The highest BCUT2D eigenvalue weighted by Crippen LogP contribution is 2.27. The van der Waals surface area contributed by atoms with Gasteiger partial charge in [0.2, 0.25) is 0 Å². The molecule has 0 bridgehead atoms. The Labute approximate surface area is 168 Å². The topological polar surface area (TPSA) is 100 Å². The first-order valence-corrected chi connectivity index (χ1v) is 8.96. The van der Waals surface area contributed by atoms with E-state index in [1.54, 1.807) is 50.2 Å². The number of carbonyl (C=O) groups is 2. The summed E-state index contributed by atoms with van der Waals surface area (Å²) in [5.74, 6) is -0.861. The third-order valence-electron chi connectivity index (χ3n) is 3.95. The van der Waals surface area contributed by atoms with E-state index in [2.05, 4.69) is 15.8 Å². The maximum Gasteiger partial charge on any atom is 0.262 e. The molecule has 0 aliphatic rings. The number of nitrogens with one attached hydrogen (secondary N) is 2. The maximum absolute atomic E-state index is 12.5. The summed E-state index contributed by atoms with van der Waals surface area (Å²) in [6.07, 6.45) is 1.30. The van der Waals surface area contributed by atoms with Gasteiger partial charge in [-0.2, -0.15) is 5.10 Å². The second-order valence-electron chi connectivity index (χ2n) is 6.34. The molecule has 2 rings (SSSR count). The minimum Gasteiger partial charge on any atom is -0.504 e. The average molecular weight is 404 g/mol. The highest BCUT2D eigenvalue weighted by molar-refractivity contribution is 6.31. The number of hydrazone groups is 1. The van der Waals surface area contributed by atoms with Gasteiger partial charge in [-0.05, 0) is 36.2 Å². The smallest absolute Gasteiger partial charge is 0.262 e. The zero-order valence-electron chi connectivity index (χ0n) is 15.8.